The molecule has 0 bridgehead atoms. The minimum atomic E-state index is -0.150. The van der Waals surface area contributed by atoms with E-state index < -0.39 is 0 Å². The van der Waals surface area contributed by atoms with Gasteiger partial charge < -0.3 is 9.47 Å². The Hall–Kier alpha value is -1.84. The van der Waals surface area contributed by atoms with Gasteiger partial charge in [-0.15, -0.1) is 0 Å². The molecule has 1 aromatic carbocycles. The summed E-state index contributed by atoms with van der Waals surface area (Å²) in [5.41, 5.74) is 1.07. The van der Waals surface area contributed by atoms with E-state index in [0.29, 0.717) is 25.2 Å². The van der Waals surface area contributed by atoms with Crippen LogP contribution in [0.1, 0.15) is 96.5 Å². The van der Waals surface area contributed by atoms with Crippen molar-refractivity contribution in [3.63, 3.8) is 0 Å². The van der Waals surface area contributed by atoms with Gasteiger partial charge >= 0.3 is 11.9 Å². The number of carbonyl (C=O) groups excluding carboxylic acids is 2. The molecule has 0 heterocycles. The normalized spacial score (nSPS) is 10.6. The molecular weight excluding hydrogens is 352 g/mol. The van der Waals surface area contributed by atoms with E-state index in [0.717, 1.165) is 63.4 Å². The Labute approximate surface area is 171 Å². The average Bonchev–Trinajstić information content (AvgIpc) is 2.70. The van der Waals surface area contributed by atoms with E-state index >= 15 is 0 Å². The highest BCUT2D eigenvalue weighted by molar-refractivity contribution is 5.72. The van der Waals surface area contributed by atoms with Crippen LogP contribution in [0.15, 0.2) is 24.3 Å². The summed E-state index contributed by atoms with van der Waals surface area (Å²) in [6.07, 6.45) is 12.4. The highest BCUT2D eigenvalue weighted by atomic mass is 16.5. The summed E-state index contributed by atoms with van der Waals surface area (Å²) in [6, 6.07) is 7.70. The monoisotopic (exact) mass is 390 g/mol. The van der Waals surface area contributed by atoms with E-state index in [4.69, 9.17) is 9.47 Å². The Morgan fingerprint density at radius 1 is 0.750 bits per heavy atom. The molecular formula is C24H38O4. The second-order valence-corrected chi connectivity index (χ2v) is 7.34. The highest BCUT2D eigenvalue weighted by Gasteiger charge is 2.08. The smallest absolute Gasteiger partial charge is 0.311 e. The van der Waals surface area contributed by atoms with Crippen molar-refractivity contribution in [3.8, 4) is 5.75 Å². The fourth-order valence-electron chi connectivity index (χ4n) is 3.10. The summed E-state index contributed by atoms with van der Waals surface area (Å²) < 4.78 is 10.7. The van der Waals surface area contributed by atoms with Crippen LogP contribution in [-0.4, -0.2) is 18.5 Å². The molecule has 0 aliphatic heterocycles. The number of para-hydroxylation sites is 1. The van der Waals surface area contributed by atoms with Crippen LogP contribution in [0.4, 0.5) is 0 Å². The van der Waals surface area contributed by atoms with Crippen molar-refractivity contribution in [1.82, 2.24) is 0 Å². The van der Waals surface area contributed by atoms with Crippen LogP contribution in [0.25, 0.3) is 0 Å². The molecule has 0 amide bonds. The molecule has 1 rings (SSSR count). The molecule has 0 saturated carbocycles. The third kappa shape index (κ3) is 11.8. The standard InChI is InChI=1S/C24H38O4/c1-3-5-6-15-20-27-23(25)18-11-9-7-8-10-12-19-24(26)28-22-17-14-13-16-21(22)4-2/h13-14,16-17H,3-12,15,18-20H2,1-2H3. The molecule has 0 aliphatic carbocycles. The Morgan fingerprint density at radius 2 is 1.36 bits per heavy atom. The lowest BCUT2D eigenvalue weighted by atomic mass is 10.1. The maximum Gasteiger partial charge on any atom is 0.311 e. The van der Waals surface area contributed by atoms with Crippen LogP contribution >= 0.6 is 0 Å². The van der Waals surface area contributed by atoms with E-state index in [-0.39, 0.29) is 11.9 Å². The SMILES string of the molecule is CCCCCCOC(=O)CCCCCCCCC(=O)Oc1ccccc1CC. The molecule has 158 valence electrons. The second kappa shape index (κ2) is 16.1. The maximum atomic E-state index is 12.0. The van der Waals surface area contributed by atoms with Crippen molar-refractivity contribution in [2.45, 2.75) is 97.3 Å². The molecule has 0 atom stereocenters. The fraction of sp³-hybridized carbons (Fsp3) is 0.667. The molecule has 0 N–H and O–H groups in total. The lowest BCUT2D eigenvalue weighted by molar-refractivity contribution is -0.144. The van der Waals surface area contributed by atoms with Crippen molar-refractivity contribution in [1.29, 1.82) is 0 Å². The molecule has 1 aromatic rings. The zero-order chi connectivity index (χ0) is 20.5. The third-order valence-corrected chi connectivity index (χ3v) is 4.85. The largest absolute Gasteiger partial charge is 0.466 e. The second-order valence-electron chi connectivity index (χ2n) is 7.34. The summed E-state index contributed by atoms with van der Waals surface area (Å²) in [6.45, 7) is 4.79. The fourth-order valence-corrected chi connectivity index (χ4v) is 3.10. The number of rotatable bonds is 16. The van der Waals surface area contributed by atoms with Crippen LogP contribution in [-0.2, 0) is 20.7 Å². The van der Waals surface area contributed by atoms with Gasteiger partial charge in [0.1, 0.15) is 5.75 Å². The molecule has 0 aromatic heterocycles. The van der Waals surface area contributed by atoms with Crippen molar-refractivity contribution < 1.29 is 19.1 Å². The quantitative estimate of drug-likeness (QED) is 0.186. The summed E-state index contributed by atoms with van der Waals surface area (Å²) >= 11 is 0. The number of hydrogen-bond acceptors (Lipinski definition) is 4. The molecule has 0 fully saturated rings. The first-order valence-corrected chi connectivity index (χ1v) is 11.1. The Balaban J connectivity index is 1.96. The Morgan fingerprint density at radius 3 is 2.04 bits per heavy atom. The molecule has 0 saturated heterocycles. The number of aryl methyl sites for hydroxylation is 1. The summed E-state index contributed by atoms with van der Waals surface area (Å²) in [5, 5.41) is 0. The molecule has 0 aliphatic rings. The highest BCUT2D eigenvalue weighted by Crippen LogP contribution is 2.19. The number of ether oxygens (including phenoxy) is 2. The van der Waals surface area contributed by atoms with E-state index in [1.807, 2.05) is 24.3 Å². The lowest BCUT2D eigenvalue weighted by Gasteiger charge is -2.08. The van der Waals surface area contributed by atoms with Gasteiger partial charge in [0.15, 0.2) is 0 Å². The number of hydrogen-bond donors (Lipinski definition) is 0. The molecule has 0 radical (unpaired) electrons. The predicted octanol–water partition coefficient (Wildman–Crippen LogP) is 6.40. The van der Waals surface area contributed by atoms with Gasteiger partial charge in [0.2, 0.25) is 0 Å². The van der Waals surface area contributed by atoms with Gasteiger partial charge in [-0.3, -0.25) is 9.59 Å². The van der Waals surface area contributed by atoms with Crippen molar-refractivity contribution >= 4 is 11.9 Å². The van der Waals surface area contributed by atoms with Crippen LogP contribution in [0.2, 0.25) is 0 Å². The topological polar surface area (TPSA) is 52.6 Å². The molecule has 0 unspecified atom stereocenters. The Kier molecular flexibility index (Phi) is 14.0. The van der Waals surface area contributed by atoms with Crippen molar-refractivity contribution in [2.24, 2.45) is 0 Å². The van der Waals surface area contributed by atoms with Gasteiger partial charge in [0.05, 0.1) is 6.61 Å². The van der Waals surface area contributed by atoms with E-state index in [2.05, 4.69) is 13.8 Å². The first-order chi connectivity index (χ1) is 13.7. The molecule has 28 heavy (non-hydrogen) atoms. The average molecular weight is 391 g/mol. The maximum absolute atomic E-state index is 12.0. The number of unbranched alkanes of at least 4 members (excludes halogenated alkanes) is 8. The van der Waals surface area contributed by atoms with Crippen molar-refractivity contribution in [2.75, 3.05) is 6.61 Å². The molecule has 0 spiro atoms. The molecule has 4 heteroatoms. The lowest BCUT2D eigenvalue weighted by Crippen LogP contribution is -2.08. The van der Waals surface area contributed by atoms with Gasteiger partial charge in [-0.1, -0.05) is 77.0 Å². The Bertz CT molecular complexity index is 553. The minimum Gasteiger partial charge on any atom is -0.466 e. The van der Waals surface area contributed by atoms with Crippen LogP contribution < -0.4 is 4.74 Å². The number of carbonyl (C=O) groups is 2. The third-order valence-electron chi connectivity index (χ3n) is 4.85. The summed E-state index contributed by atoms with van der Waals surface area (Å²) in [4.78, 5) is 23.6. The van der Waals surface area contributed by atoms with Gasteiger partial charge in [-0.25, -0.2) is 0 Å². The van der Waals surface area contributed by atoms with E-state index in [9.17, 15) is 9.59 Å². The van der Waals surface area contributed by atoms with Gasteiger partial charge in [0, 0.05) is 12.8 Å². The van der Waals surface area contributed by atoms with Gasteiger partial charge in [-0.05, 0) is 37.3 Å². The first kappa shape index (κ1) is 24.2. The summed E-state index contributed by atoms with van der Waals surface area (Å²) in [5.74, 6) is 0.474. The van der Waals surface area contributed by atoms with Gasteiger partial charge in [-0.2, -0.15) is 0 Å². The van der Waals surface area contributed by atoms with Crippen LogP contribution in [0.5, 0.6) is 5.75 Å². The van der Waals surface area contributed by atoms with Crippen LogP contribution in [0.3, 0.4) is 0 Å². The minimum absolute atomic E-state index is 0.0633. The first-order valence-electron chi connectivity index (χ1n) is 11.1. The summed E-state index contributed by atoms with van der Waals surface area (Å²) in [7, 11) is 0. The number of esters is 2. The van der Waals surface area contributed by atoms with E-state index in [1.54, 1.807) is 0 Å². The van der Waals surface area contributed by atoms with Gasteiger partial charge in [0.25, 0.3) is 0 Å². The zero-order valence-corrected chi connectivity index (χ0v) is 17.8. The van der Waals surface area contributed by atoms with Crippen LogP contribution in [0, 0.1) is 0 Å². The predicted molar refractivity (Wildman–Crippen MR) is 113 cm³/mol. The van der Waals surface area contributed by atoms with E-state index in [1.165, 1.54) is 12.8 Å². The molecule has 4 nitrogen and oxygen atoms in total. The van der Waals surface area contributed by atoms with Crippen molar-refractivity contribution in [3.05, 3.63) is 29.8 Å². The zero-order valence-electron chi connectivity index (χ0n) is 17.8. The number of benzene rings is 1.